The molecule has 0 saturated heterocycles. The van der Waals surface area contributed by atoms with Gasteiger partial charge in [-0.05, 0) is 60.0 Å². The van der Waals surface area contributed by atoms with E-state index in [1.54, 1.807) is 35.8 Å². The fourth-order valence-corrected chi connectivity index (χ4v) is 11.1. The van der Waals surface area contributed by atoms with Gasteiger partial charge in [0.15, 0.2) is 0 Å². The van der Waals surface area contributed by atoms with Gasteiger partial charge in [-0.3, -0.25) is 27.4 Å². The second kappa shape index (κ2) is 29.2. The van der Waals surface area contributed by atoms with Crippen molar-refractivity contribution < 1.29 is 112 Å². The molecular formula is C27H73N3O23P6. The molecule has 0 spiro atoms. The summed E-state index contributed by atoms with van der Waals surface area (Å²) < 4.78 is 66.6. The molecule has 0 saturated carbocycles. The normalized spacial score (nSPS) is 13.6. The molecule has 19 N–H and O–H groups in total. The lowest BCUT2D eigenvalue weighted by molar-refractivity contribution is 0.111. The summed E-state index contributed by atoms with van der Waals surface area (Å²) in [5.41, 5.74) is 0. The van der Waals surface area contributed by atoms with E-state index in [1.165, 1.54) is 0 Å². The molecule has 0 aromatic carbocycles. The van der Waals surface area contributed by atoms with Gasteiger partial charge in [0.1, 0.15) is 0 Å². The van der Waals surface area contributed by atoms with E-state index < -0.39 is 80.1 Å². The average Bonchev–Trinajstić information content (AvgIpc) is 3.02. The van der Waals surface area contributed by atoms with Gasteiger partial charge in [0.05, 0.1) is 0 Å². The summed E-state index contributed by atoms with van der Waals surface area (Å²) in [5.74, 6) is 0. The second-order valence-electron chi connectivity index (χ2n) is 13.9. The largest absolute Gasteiger partial charge is 0.412 e. The van der Waals surface area contributed by atoms with Crippen molar-refractivity contribution in [3.63, 3.8) is 0 Å². The Morgan fingerprint density at radius 1 is 0.339 bits per heavy atom. The van der Waals surface area contributed by atoms with Gasteiger partial charge in [-0.25, -0.2) is 0 Å². The zero-order valence-corrected chi connectivity index (χ0v) is 39.8. The van der Waals surface area contributed by atoms with Crippen LogP contribution in [0.4, 0.5) is 0 Å². The fourth-order valence-electron chi connectivity index (χ4n) is 4.64. The van der Waals surface area contributed by atoms with Crippen LogP contribution >= 0.6 is 45.6 Å². The molecule has 0 heterocycles. The molecule has 0 amide bonds. The Bertz CT molecular complexity index is 1190. The van der Waals surface area contributed by atoms with Crippen molar-refractivity contribution >= 4 is 45.6 Å². The van der Waals surface area contributed by atoms with Crippen molar-refractivity contribution in [2.75, 3.05) is 60.4 Å². The van der Waals surface area contributed by atoms with E-state index in [0.717, 1.165) is 57.8 Å². The molecular weight excluding hydrogens is 920 g/mol. The van der Waals surface area contributed by atoms with Crippen LogP contribution in [-0.4, -0.2) is 175 Å². The van der Waals surface area contributed by atoms with Crippen LogP contribution in [-0.2, 0) is 27.4 Å². The van der Waals surface area contributed by atoms with E-state index in [2.05, 4.69) is 0 Å². The van der Waals surface area contributed by atoms with Crippen LogP contribution in [0.5, 0.6) is 0 Å². The smallest absolute Gasteiger partial charge is 0.369 e. The number of unbranched alkanes of at least 4 members (excludes halogenated alkanes) is 6. The third-order valence-corrected chi connectivity index (χ3v) is 20.3. The maximum Gasteiger partial charge on any atom is 0.369 e. The van der Waals surface area contributed by atoms with Crippen LogP contribution in [0.3, 0.4) is 0 Å². The first kappa shape index (κ1) is 68.6. The Balaban J connectivity index is -0.000000243. The van der Waals surface area contributed by atoms with Crippen LogP contribution in [0.25, 0.3) is 0 Å². The summed E-state index contributed by atoms with van der Waals surface area (Å²) >= 11 is 0. The van der Waals surface area contributed by atoms with Gasteiger partial charge < -0.3 is 99.7 Å². The Labute approximate surface area is 345 Å². The molecule has 364 valence electrons. The molecule has 0 unspecified atom stereocenters. The number of aliphatic hydroxyl groups is 3. The highest BCUT2D eigenvalue weighted by Crippen LogP contribution is 2.70. The number of hydrogen-bond donors (Lipinski definition) is 15. The molecule has 0 fully saturated rings. The molecule has 0 aromatic rings. The van der Waals surface area contributed by atoms with Gasteiger partial charge in [-0.2, -0.15) is 0 Å². The van der Waals surface area contributed by atoms with Crippen molar-refractivity contribution in [1.29, 1.82) is 0 Å². The standard InChI is InChI=1S/3C9H23NO7P2.2H2O/c3*1-3-4-5-7-10(2)8-6-9(11,18(12,13)14)19(15,16)17;;/h3*11H,3-8H2,1-2H3,(H2,12,13,14)(H2,15,16,17);2*1H2. The van der Waals surface area contributed by atoms with Crippen LogP contribution in [0.1, 0.15) is 97.8 Å². The maximum absolute atomic E-state index is 11.1. The first-order valence-corrected chi connectivity index (χ1v) is 27.6. The van der Waals surface area contributed by atoms with Gasteiger partial charge in [0.2, 0.25) is 0 Å². The molecule has 26 nitrogen and oxygen atoms in total. The van der Waals surface area contributed by atoms with Gasteiger partial charge in [-0.15, -0.1) is 0 Å². The van der Waals surface area contributed by atoms with Gasteiger partial charge in [0.25, 0.3) is 15.2 Å². The number of nitrogens with zero attached hydrogens (tertiary/aromatic N) is 3. The minimum atomic E-state index is -5.33. The van der Waals surface area contributed by atoms with Crippen molar-refractivity contribution in [1.82, 2.24) is 14.7 Å². The lowest BCUT2D eigenvalue weighted by Crippen LogP contribution is -2.34. The molecule has 0 aromatic heterocycles. The molecule has 0 aliphatic heterocycles. The Morgan fingerprint density at radius 2 is 0.492 bits per heavy atom. The third-order valence-electron chi connectivity index (χ3n) is 8.72. The van der Waals surface area contributed by atoms with Crippen molar-refractivity contribution in [2.24, 2.45) is 0 Å². The third kappa shape index (κ3) is 24.4. The average molecular weight is 994 g/mol. The fraction of sp³-hybridized carbons (Fsp3) is 1.00. The van der Waals surface area contributed by atoms with Crippen LogP contribution in [0.2, 0.25) is 0 Å². The highest BCUT2D eigenvalue weighted by molar-refractivity contribution is 7.73. The molecule has 0 aliphatic rings. The lowest BCUT2D eigenvalue weighted by Gasteiger charge is -2.30. The van der Waals surface area contributed by atoms with Gasteiger partial charge in [0, 0.05) is 38.9 Å². The maximum atomic E-state index is 11.1. The highest BCUT2D eigenvalue weighted by Gasteiger charge is 2.60. The summed E-state index contributed by atoms with van der Waals surface area (Å²) in [6, 6.07) is 0. The first-order valence-electron chi connectivity index (χ1n) is 17.9. The zero-order valence-electron chi connectivity index (χ0n) is 34.4. The van der Waals surface area contributed by atoms with Gasteiger partial charge in [-0.1, -0.05) is 59.3 Å². The summed E-state index contributed by atoms with van der Waals surface area (Å²) in [6.07, 6.45) is 6.57. The van der Waals surface area contributed by atoms with E-state index in [4.69, 9.17) is 58.7 Å². The van der Waals surface area contributed by atoms with Crippen LogP contribution in [0, 0.1) is 0 Å². The molecule has 0 bridgehead atoms. The summed E-state index contributed by atoms with van der Waals surface area (Å²) in [5, 5.41) is 19.0. The highest BCUT2D eigenvalue weighted by atomic mass is 31.3. The lowest BCUT2D eigenvalue weighted by atomic mass is 10.2. The van der Waals surface area contributed by atoms with Gasteiger partial charge >= 0.3 is 45.6 Å². The monoisotopic (exact) mass is 993 g/mol. The van der Waals surface area contributed by atoms with Crippen molar-refractivity contribution in [2.45, 2.75) is 113 Å². The topological polar surface area (TPSA) is 479 Å². The first-order chi connectivity index (χ1) is 25.4. The van der Waals surface area contributed by atoms with Crippen LogP contribution < -0.4 is 0 Å². The number of rotatable bonds is 27. The predicted octanol–water partition coefficient (Wildman–Crippen LogP) is -0.149. The minimum absolute atomic E-state index is 0. The molecule has 0 rings (SSSR count). The zero-order chi connectivity index (χ0) is 46.0. The summed E-state index contributed by atoms with van der Waals surface area (Å²) in [6.45, 7) is 7.93. The Kier molecular flexibility index (Phi) is 33.9. The molecule has 0 aliphatic carbocycles. The van der Waals surface area contributed by atoms with E-state index in [9.17, 15) is 42.7 Å². The predicted molar refractivity (Wildman–Crippen MR) is 219 cm³/mol. The van der Waals surface area contributed by atoms with Crippen molar-refractivity contribution in [3.8, 4) is 0 Å². The summed E-state index contributed by atoms with van der Waals surface area (Å²) in [7, 11) is -27.0. The second-order valence-corrected chi connectivity index (χ2v) is 25.9. The number of hydrogen-bond acceptors (Lipinski definition) is 12. The Hall–Kier alpha value is 0.580. The SMILES string of the molecule is CCCCCN(C)CCC(O)(P(=O)(O)O)P(=O)(O)O.CCCCCN(C)CCC(O)(P(=O)(O)O)P(=O)(O)O.CCCCCN(C)CCC(O)(P(=O)(O)O)P(=O)(O)O.O.O. The molecule has 32 heteroatoms. The van der Waals surface area contributed by atoms with E-state index in [0.29, 0.717) is 19.6 Å². The van der Waals surface area contributed by atoms with Crippen LogP contribution in [0.15, 0.2) is 0 Å². The molecule has 0 atom stereocenters. The minimum Gasteiger partial charge on any atom is -0.412 e. The van der Waals surface area contributed by atoms with Crippen molar-refractivity contribution in [3.05, 3.63) is 0 Å². The molecule has 59 heavy (non-hydrogen) atoms. The van der Waals surface area contributed by atoms with E-state index in [-0.39, 0.29) is 30.6 Å². The molecule has 0 radical (unpaired) electrons. The van der Waals surface area contributed by atoms with E-state index in [1.807, 2.05) is 20.8 Å². The summed E-state index contributed by atoms with van der Waals surface area (Å²) in [4.78, 5) is 112. The van der Waals surface area contributed by atoms with E-state index >= 15 is 0 Å². The quantitative estimate of drug-likeness (QED) is 0.0376. The Morgan fingerprint density at radius 3 is 0.610 bits per heavy atom.